The van der Waals surface area contributed by atoms with Crippen LogP contribution >= 0.6 is 11.8 Å². The van der Waals surface area contributed by atoms with E-state index in [0.29, 0.717) is 49.1 Å². The third-order valence-electron chi connectivity index (χ3n) is 5.57. The zero-order valence-electron chi connectivity index (χ0n) is 18.8. The Morgan fingerprint density at radius 1 is 1.18 bits per heavy atom. The van der Waals surface area contributed by atoms with Crippen molar-refractivity contribution in [2.24, 2.45) is 0 Å². The molecule has 2 aromatic carbocycles. The van der Waals surface area contributed by atoms with Crippen molar-refractivity contribution in [3.8, 4) is 0 Å². The van der Waals surface area contributed by atoms with Crippen LogP contribution in [0.15, 0.2) is 56.8 Å². The Balaban J connectivity index is 1.57. The van der Waals surface area contributed by atoms with E-state index in [1.165, 1.54) is 16.1 Å². The first-order valence-corrected chi connectivity index (χ1v) is 13.2. The Morgan fingerprint density at radius 3 is 2.64 bits per heavy atom. The van der Waals surface area contributed by atoms with Crippen LogP contribution in [0.2, 0.25) is 0 Å². The molecule has 1 aliphatic heterocycles. The van der Waals surface area contributed by atoms with Gasteiger partial charge in [-0.3, -0.25) is 4.79 Å². The Hall–Kier alpha value is -2.69. The van der Waals surface area contributed by atoms with E-state index in [0.717, 1.165) is 16.1 Å². The van der Waals surface area contributed by atoms with E-state index >= 15 is 0 Å². The van der Waals surface area contributed by atoms with Gasteiger partial charge in [0.15, 0.2) is 5.82 Å². The van der Waals surface area contributed by atoms with Crippen LogP contribution in [0, 0.1) is 6.92 Å². The monoisotopic (exact) mass is 486 g/mol. The standard InChI is InChI=1S/C23H26N4O4S2/c1-4-26(5-2)33(29,30)18-10-11-20-17(14-18)12-13-27(20)23(28)19-8-6-7-9-21(19)32-15-22-24-16(3)25-31-22/h6-11,14H,4-5,12-13,15H2,1-3H3. The fourth-order valence-corrected chi connectivity index (χ4v) is 6.31. The van der Waals surface area contributed by atoms with E-state index in [1.54, 1.807) is 36.1 Å². The van der Waals surface area contributed by atoms with Crippen LogP contribution in [0.25, 0.3) is 0 Å². The van der Waals surface area contributed by atoms with Crippen molar-refractivity contribution in [3.05, 3.63) is 65.3 Å². The van der Waals surface area contributed by atoms with E-state index in [1.807, 2.05) is 32.0 Å². The summed E-state index contributed by atoms with van der Waals surface area (Å²) in [4.78, 5) is 20.5. The molecule has 0 radical (unpaired) electrons. The van der Waals surface area contributed by atoms with Gasteiger partial charge in [0.1, 0.15) is 0 Å². The largest absolute Gasteiger partial charge is 0.338 e. The lowest BCUT2D eigenvalue weighted by Crippen LogP contribution is -2.31. The number of hydrogen-bond donors (Lipinski definition) is 0. The molecule has 4 rings (SSSR count). The number of nitrogens with zero attached hydrogens (tertiary/aromatic N) is 4. The SMILES string of the molecule is CCN(CC)S(=O)(=O)c1ccc2c(c1)CCN2C(=O)c1ccccc1SCc1nc(C)no1. The number of hydrogen-bond acceptors (Lipinski definition) is 7. The number of sulfonamides is 1. The Kier molecular flexibility index (Phi) is 6.87. The molecule has 33 heavy (non-hydrogen) atoms. The first kappa shape index (κ1) is 23.5. The van der Waals surface area contributed by atoms with Gasteiger partial charge in [-0.25, -0.2) is 8.42 Å². The van der Waals surface area contributed by atoms with Gasteiger partial charge in [-0.05, 0) is 49.2 Å². The molecule has 2 heterocycles. The Morgan fingerprint density at radius 2 is 1.94 bits per heavy atom. The molecule has 8 nitrogen and oxygen atoms in total. The van der Waals surface area contributed by atoms with Crippen molar-refractivity contribution in [2.45, 2.75) is 42.7 Å². The average molecular weight is 487 g/mol. The van der Waals surface area contributed by atoms with Gasteiger partial charge in [0, 0.05) is 30.2 Å². The Bertz CT molecular complexity index is 1270. The number of benzene rings is 2. The van der Waals surface area contributed by atoms with Gasteiger partial charge in [0.05, 0.1) is 16.2 Å². The van der Waals surface area contributed by atoms with Gasteiger partial charge in [-0.1, -0.05) is 31.1 Å². The van der Waals surface area contributed by atoms with Crippen LogP contribution in [0.4, 0.5) is 5.69 Å². The molecule has 174 valence electrons. The zero-order chi connectivity index (χ0) is 23.6. The molecule has 10 heteroatoms. The maximum absolute atomic E-state index is 13.5. The second kappa shape index (κ2) is 9.66. The normalized spacial score (nSPS) is 13.5. The van der Waals surface area contributed by atoms with E-state index in [2.05, 4.69) is 10.1 Å². The summed E-state index contributed by atoms with van der Waals surface area (Å²) in [5.41, 5.74) is 2.21. The fourth-order valence-electron chi connectivity index (χ4n) is 3.91. The van der Waals surface area contributed by atoms with Crippen LogP contribution in [0.3, 0.4) is 0 Å². The molecule has 0 aliphatic carbocycles. The van der Waals surface area contributed by atoms with Crippen molar-refractivity contribution in [3.63, 3.8) is 0 Å². The van der Waals surface area contributed by atoms with E-state index in [-0.39, 0.29) is 10.8 Å². The summed E-state index contributed by atoms with van der Waals surface area (Å²) < 4.78 is 32.4. The third kappa shape index (κ3) is 4.68. The van der Waals surface area contributed by atoms with Crippen LogP contribution in [-0.2, 0) is 22.2 Å². The maximum Gasteiger partial charge on any atom is 0.259 e. The highest BCUT2D eigenvalue weighted by atomic mass is 32.2. The van der Waals surface area contributed by atoms with Crippen LogP contribution < -0.4 is 4.90 Å². The summed E-state index contributed by atoms with van der Waals surface area (Å²) in [6.07, 6.45) is 0.610. The highest BCUT2D eigenvalue weighted by Gasteiger charge is 2.30. The van der Waals surface area contributed by atoms with Gasteiger partial charge in [-0.15, -0.1) is 11.8 Å². The number of carbonyl (C=O) groups is 1. The second-order valence-corrected chi connectivity index (χ2v) is 10.6. The molecule has 1 aromatic heterocycles. The number of rotatable bonds is 8. The lowest BCUT2D eigenvalue weighted by atomic mass is 10.1. The molecule has 0 saturated carbocycles. The van der Waals surface area contributed by atoms with Crippen molar-refractivity contribution < 1.29 is 17.7 Å². The second-order valence-electron chi connectivity index (χ2n) is 7.61. The predicted octanol–water partition coefficient (Wildman–Crippen LogP) is 3.90. The summed E-state index contributed by atoms with van der Waals surface area (Å²) in [5, 5.41) is 3.80. The van der Waals surface area contributed by atoms with Crippen LogP contribution in [-0.4, -0.2) is 48.4 Å². The molecule has 0 bridgehead atoms. The smallest absolute Gasteiger partial charge is 0.259 e. The minimum atomic E-state index is -3.54. The van der Waals surface area contributed by atoms with E-state index in [9.17, 15) is 13.2 Å². The molecular weight excluding hydrogens is 460 g/mol. The number of aromatic nitrogens is 2. The van der Waals surface area contributed by atoms with Crippen molar-refractivity contribution in [1.29, 1.82) is 0 Å². The molecule has 0 spiro atoms. The van der Waals surface area contributed by atoms with Crippen molar-refractivity contribution >= 4 is 33.4 Å². The minimum absolute atomic E-state index is 0.113. The van der Waals surface area contributed by atoms with Gasteiger partial charge in [0.2, 0.25) is 15.9 Å². The maximum atomic E-state index is 13.5. The molecule has 1 aliphatic rings. The summed E-state index contributed by atoms with van der Waals surface area (Å²) in [5.74, 6) is 1.44. The lowest BCUT2D eigenvalue weighted by molar-refractivity contribution is 0.0986. The number of aryl methyl sites for hydroxylation is 1. The van der Waals surface area contributed by atoms with Crippen LogP contribution in [0.1, 0.15) is 41.5 Å². The topological polar surface area (TPSA) is 96.6 Å². The van der Waals surface area contributed by atoms with Crippen molar-refractivity contribution in [2.75, 3.05) is 24.5 Å². The highest BCUT2D eigenvalue weighted by molar-refractivity contribution is 7.98. The number of thioether (sulfide) groups is 1. The summed E-state index contributed by atoms with van der Waals surface area (Å²) >= 11 is 1.47. The number of carbonyl (C=O) groups excluding carboxylic acids is 1. The van der Waals surface area contributed by atoms with Gasteiger partial charge in [-0.2, -0.15) is 9.29 Å². The van der Waals surface area contributed by atoms with E-state index in [4.69, 9.17) is 4.52 Å². The summed E-state index contributed by atoms with van der Waals surface area (Å²) in [6.45, 7) is 6.74. The molecular formula is C23H26N4O4S2. The van der Waals surface area contributed by atoms with Crippen LogP contribution in [0.5, 0.6) is 0 Å². The quantitative estimate of drug-likeness (QED) is 0.446. The predicted molar refractivity (Wildman–Crippen MR) is 127 cm³/mol. The molecule has 3 aromatic rings. The molecule has 0 unspecified atom stereocenters. The molecule has 0 fully saturated rings. The molecule has 1 amide bonds. The lowest BCUT2D eigenvalue weighted by Gasteiger charge is -2.21. The zero-order valence-corrected chi connectivity index (χ0v) is 20.4. The number of anilines is 1. The molecule has 0 saturated heterocycles. The van der Waals surface area contributed by atoms with Gasteiger partial charge < -0.3 is 9.42 Å². The average Bonchev–Trinajstić information content (AvgIpc) is 3.43. The number of amides is 1. The number of fused-ring (bicyclic) bond motifs is 1. The third-order valence-corrected chi connectivity index (χ3v) is 8.68. The first-order valence-electron chi connectivity index (χ1n) is 10.8. The van der Waals surface area contributed by atoms with E-state index < -0.39 is 10.0 Å². The van der Waals surface area contributed by atoms with Gasteiger partial charge in [0.25, 0.3) is 5.91 Å². The fraction of sp³-hybridized carbons (Fsp3) is 0.348. The highest BCUT2D eigenvalue weighted by Crippen LogP contribution is 2.34. The summed E-state index contributed by atoms with van der Waals surface area (Å²) in [7, 11) is -3.54. The van der Waals surface area contributed by atoms with Gasteiger partial charge >= 0.3 is 0 Å². The molecule has 0 atom stereocenters. The minimum Gasteiger partial charge on any atom is -0.338 e. The first-order chi connectivity index (χ1) is 15.8. The Labute approximate surface area is 198 Å². The molecule has 0 N–H and O–H groups in total. The van der Waals surface area contributed by atoms with Crippen molar-refractivity contribution in [1.82, 2.24) is 14.4 Å². The summed E-state index contributed by atoms with van der Waals surface area (Å²) in [6, 6.07) is 12.5.